The number of benzene rings is 1. The monoisotopic (exact) mass is 233 g/mol. The van der Waals surface area contributed by atoms with Gasteiger partial charge in [-0.2, -0.15) is 0 Å². The normalized spacial score (nSPS) is 9.83. The van der Waals surface area contributed by atoms with E-state index in [0.717, 1.165) is 6.07 Å². The molecule has 0 aliphatic carbocycles. The summed E-state index contributed by atoms with van der Waals surface area (Å²) in [7, 11) is 0. The molecule has 1 rings (SSSR count). The van der Waals surface area contributed by atoms with Gasteiger partial charge < -0.3 is 10.8 Å². The third-order valence-corrected chi connectivity index (χ3v) is 2.19. The van der Waals surface area contributed by atoms with Gasteiger partial charge in [0.25, 0.3) is 0 Å². The van der Waals surface area contributed by atoms with Crippen LogP contribution in [0.3, 0.4) is 0 Å². The highest BCUT2D eigenvalue weighted by atomic mass is 79.9. The second-order valence-corrected chi connectivity index (χ2v) is 2.92. The second kappa shape index (κ2) is 3.10. The van der Waals surface area contributed by atoms with Gasteiger partial charge in [0.2, 0.25) is 0 Å². The van der Waals surface area contributed by atoms with Gasteiger partial charge in [0, 0.05) is 5.69 Å². The minimum Gasteiger partial charge on any atom is -0.478 e. The average Bonchev–Trinajstić information content (AvgIpc) is 1.97. The number of carbonyl (C=O) groups is 1. The van der Waals surface area contributed by atoms with E-state index in [9.17, 15) is 9.18 Å². The topological polar surface area (TPSA) is 63.3 Å². The van der Waals surface area contributed by atoms with Crippen LogP contribution in [0.4, 0.5) is 10.1 Å². The lowest BCUT2D eigenvalue weighted by atomic mass is 10.2. The molecule has 0 atom stereocenters. The van der Waals surface area contributed by atoms with Crippen molar-refractivity contribution in [2.24, 2.45) is 0 Å². The van der Waals surface area contributed by atoms with Crippen LogP contribution in [0.2, 0.25) is 0 Å². The molecule has 0 aliphatic rings. The molecule has 0 amide bonds. The van der Waals surface area contributed by atoms with Gasteiger partial charge in [-0.15, -0.1) is 0 Å². The van der Waals surface area contributed by atoms with Gasteiger partial charge in [0.1, 0.15) is 11.4 Å². The number of rotatable bonds is 1. The minimum absolute atomic E-state index is 0.0787. The SMILES string of the molecule is Nc1ccc(F)c(C(=O)O)c1Br. The van der Waals surface area contributed by atoms with E-state index in [-0.39, 0.29) is 10.2 Å². The molecule has 0 spiro atoms. The third-order valence-electron chi connectivity index (χ3n) is 1.33. The Hall–Kier alpha value is -1.10. The van der Waals surface area contributed by atoms with Crippen molar-refractivity contribution in [2.75, 3.05) is 5.73 Å². The fourth-order valence-corrected chi connectivity index (χ4v) is 1.26. The molecule has 0 bridgehead atoms. The van der Waals surface area contributed by atoms with Gasteiger partial charge in [-0.05, 0) is 28.1 Å². The summed E-state index contributed by atoms with van der Waals surface area (Å²) >= 11 is 2.89. The van der Waals surface area contributed by atoms with E-state index in [2.05, 4.69) is 15.9 Å². The third kappa shape index (κ3) is 1.40. The Morgan fingerprint density at radius 2 is 2.17 bits per heavy atom. The Bertz CT molecular complexity index is 340. The van der Waals surface area contributed by atoms with Crippen LogP contribution in [-0.4, -0.2) is 11.1 Å². The Morgan fingerprint density at radius 1 is 1.58 bits per heavy atom. The highest BCUT2D eigenvalue weighted by Crippen LogP contribution is 2.26. The number of nitrogens with two attached hydrogens (primary N) is 1. The van der Waals surface area contributed by atoms with E-state index in [1.54, 1.807) is 0 Å². The number of carboxylic acids is 1. The van der Waals surface area contributed by atoms with Crippen LogP contribution in [0.15, 0.2) is 16.6 Å². The number of hydrogen-bond donors (Lipinski definition) is 2. The predicted octanol–water partition coefficient (Wildman–Crippen LogP) is 1.87. The van der Waals surface area contributed by atoms with Crippen molar-refractivity contribution < 1.29 is 14.3 Å². The van der Waals surface area contributed by atoms with Gasteiger partial charge in [-0.25, -0.2) is 9.18 Å². The number of carboxylic acid groups (broad SMARTS) is 1. The molecule has 0 fully saturated rings. The largest absolute Gasteiger partial charge is 0.478 e. The van der Waals surface area contributed by atoms with Crippen molar-refractivity contribution in [3.05, 3.63) is 28.0 Å². The lowest BCUT2D eigenvalue weighted by Gasteiger charge is -2.02. The molecule has 12 heavy (non-hydrogen) atoms. The average molecular weight is 234 g/mol. The molecule has 64 valence electrons. The predicted molar refractivity (Wildman–Crippen MR) is 45.5 cm³/mol. The van der Waals surface area contributed by atoms with Crippen molar-refractivity contribution in [1.29, 1.82) is 0 Å². The van der Waals surface area contributed by atoms with Crippen LogP contribution in [0.1, 0.15) is 10.4 Å². The molecular formula is C7H5BrFNO2. The highest BCUT2D eigenvalue weighted by molar-refractivity contribution is 9.10. The number of hydrogen-bond acceptors (Lipinski definition) is 2. The quantitative estimate of drug-likeness (QED) is 0.729. The zero-order valence-electron chi connectivity index (χ0n) is 5.84. The van der Waals surface area contributed by atoms with Gasteiger partial charge in [-0.3, -0.25) is 0 Å². The zero-order chi connectivity index (χ0) is 9.30. The van der Waals surface area contributed by atoms with Crippen molar-refractivity contribution in [1.82, 2.24) is 0 Å². The Labute approximate surface area is 76.1 Å². The van der Waals surface area contributed by atoms with Crippen LogP contribution in [0.25, 0.3) is 0 Å². The Balaban J connectivity index is 3.43. The van der Waals surface area contributed by atoms with Gasteiger partial charge in [0.15, 0.2) is 0 Å². The summed E-state index contributed by atoms with van der Waals surface area (Å²) in [5.74, 6) is -2.14. The maximum absolute atomic E-state index is 12.8. The summed E-state index contributed by atoms with van der Waals surface area (Å²) in [6.07, 6.45) is 0. The maximum atomic E-state index is 12.8. The van der Waals surface area contributed by atoms with Crippen molar-refractivity contribution in [2.45, 2.75) is 0 Å². The molecule has 0 aromatic heterocycles. The molecular weight excluding hydrogens is 229 g/mol. The Kier molecular flexibility index (Phi) is 2.32. The summed E-state index contributed by atoms with van der Waals surface area (Å²) in [5.41, 5.74) is 5.12. The van der Waals surface area contributed by atoms with Gasteiger partial charge in [-0.1, -0.05) is 0 Å². The number of halogens is 2. The maximum Gasteiger partial charge on any atom is 0.339 e. The van der Waals surface area contributed by atoms with E-state index >= 15 is 0 Å². The summed E-state index contributed by atoms with van der Waals surface area (Å²) in [5, 5.41) is 8.55. The molecule has 1 aromatic carbocycles. The molecule has 0 heterocycles. The van der Waals surface area contributed by atoms with Crippen molar-refractivity contribution in [3.63, 3.8) is 0 Å². The molecule has 0 saturated carbocycles. The van der Waals surface area contributed by atoms with Crippen LogP contribution in [-0.2, 0) is 0 Å². The van der Waals surface area contributed by atoms with Gasteiger partial charge in [0.05, 0.1) is 4.47 Å². The molecule has 0 radical (unpaired) electrons. The zero-order valence-corrected chi connectivity index (χ0v) is 7.43. The number of aromatic carboxylic acids is 1. The van der Waals surface area contributed by atoms with E-state index in [1.165, 1.54) is 6.07 Å². The van der Waals surface area contributed by atoms with E-state index in [0.29, 0.717) is 0 Å². The fourth-order valence-electron chi connectivity index (χ4n) is 0.765. The van der Waals surface area contributed by atoms with Crippen LogP contribution in [0.5, 0.6) is 0 Å². The highest BCUT2D eigenvalue weighted by Gasteiger charge is 2.15. The minimum atomic E-state index is -1.34. The summed E-state index contributed by atoms with van der Waals surface area (Å²) in [6.45, 7) is 0. The van der Waals surface area contributed by atoms with Gasteiger partial charge >= 0.3 is 5.97 Å². The summed E-state index contributed by atoms with van der Waals surface area (Å²) in [4.78, 5) is 10.5. The number of nitrogen functional groups attached to an aromatic ring is 1. The molecule has 0 aliphatic heterocycles. The molecule has 3 N–H and O–H groups in total. The first-order valence-electron chi connectivity index (χ1n) is 3.01. The van der Waals surface area contributed by atoms with Crippen LogP contribution < -0.4 is 5.73 Å². The van der Waals surface area contributed by atoms with E-state index < -0.39 is 17.3 Å². The molecule has 0 saturated heterocycles. The summed E-state index contributed by atoms with van der Waals surface area (Å²) < 4.78 is 12.9. The molecule has 1 aromatic rings. The molecule has 5 heteroatoms. The second-order valence-electron chi connectivity index (χ2n) is 2.13. The first-order chi connectivity index (χ1) is 5.54. The lowest BCUT2D eigenvalue weighted by molar-refractivity contribution is 0.0691. The first-order valence-corrected chi connectivity index (χ1v) is 3.80. The lowest BCUT2D eigenvalue weighted by Crippen LogP contribution is -2.03. The Morgan fingerprint density at radius 3 is 2.58 bits per heavy atom. The van der Waals surface area contributed by atoms with Crippen LogP contribution in [0, 0.1) is 5.82 Å². The smallest absolute Gasteiger partial charge is 0.339 e. The van der Waals surface area contributed by atoms with Crippen molar-refractivity contribution >= 4 is 27.6 Å². The number of anilines is 1. The fraction of sp³-hybridized carbons (Fsp3) is 0. The van der Waals surface area contributed by atoms with E-state index in [4.69, 9.17) is 10.8 Å². The molecule has 0 unspecified atom stereocenters. The standard InChI is InChI=1S/C7H5BrFNO2/c8-6-4(10)2-1-3(9)5(6)7(11)12/h1-2H,10H2,(H,11,12). The first kappa shape index (κ1) is 8.99. The summed E-state index contributed by atoms with van der Waals surface area (Å²) in [6, 6.07) is 2.31. The van der Waals surface area contributed by atoms with Crippen molar-refractivity contribution in [3.8, 4) is 0 Å². The molecule has 3 nitrogen and oxygen atoms in total. The van der Waals surface area contributed by atoms with E-state index in [1.807, 2.05) is 0 Å². The van der Waals surface area contributed by atoms with Crippen LogP contribution >= 0.6 is 15.9 Å².